The molecule has 0 bridgehead atoms. The zero-order chi connectivity index (χ0) is 10.4. The predicted octanol–water partition coefficient (Wildman–Crippen LogP) is 1.12. The van der Waals surface area contributed by atoms with Crippen molar-refractivity contribution in [2.24, 2.45) is 0 Å². The van der Waals surface area contributed by atoms with E-state index in [1.165, 1.54) is 7.11 Å². The molecular formula is C10H13NO3. The molecule has 14 heavy (non-hydrogen) atoms. The van der Waals surface area contributed by atoms with Gasteiger partial charge in [0.2, 0.25) is 0 Å². The van der Waals surface area contributed by atoms with Crippen LogP contribution in [0.25, 0.3) is 0 Å². The van der Waals surface area contributed by atoms with Gasteiger partial charge in [0.05, 0.1) is 19.3 Å². The zero-order valence-corrected chi connectivity index (χ0v) is 8.24. The van der Waals surface area contributed by atoms with Crippen LogP contribution in [0.5, 0.6) is 0 Å². The van der Waals surface area contributed by atoms with E-state index < -0.39 is 0 Å². The molecule has 0 saturated carbocycles. The van der Waals surface area contributed by atoms with Crippen molar-refractivity contribution in [2.45, 2.75) is 6.61 Å². The minimum Gasteiger partial charge on any atom is -0.465 e. The van der Waals surface area contributed by atoms with Gasteiger partial charge >= 0.3 is 5.97 Å². The number of esters is 1. The van der Waals surface area contributed by atoms with Crippen LogP contribution in [0.15, 0.2) is 24.3 Å². The van der Waals surface area contributed by atoms with Gasteiger partial charge in [0.1, 0.15) is 0 Å². The molecule has 0 unspecified atom stereocenters. The Kier molecular flexibility index (Phi) is 4.10. The second kappa shape index (κ2) is 5.36. The number of hydrogen-bond donors (Lipinski definition) is 1. The third-order valence-electron chi connectivity index (χ3n) is 1.76. The van der Waals surface area contributed by atoms with E-state index in [4.69, 9.17) is 4.84 Å². The van der Waals surface area contributed by atoms with Crippen LogP contribution >= 0.6 is 0 Å². The Hall–Kier alpha value is -1.39. The van der Waals surface area contributed by atoms with E-state index in [0.717, 1.165) is 5.56 Å². The van der Waals surface area contributed by atoms with Crippen molar-refractivity contribution in [2.75, 3.05) is 14.2 Å². The van der Waals surface area contributed by atoms with Crippen LogP contribution in [0.2, 0.25) is 0 Å². The molecule has 1 N–H and O–H groups in total. The number of rotatable bonds is 4. The van der Waals surface area contributed by atoms with Crippen LogP contribution in [-0.4, -0.2) is 20.1 Å². The monoisotopic (exact) mass is 195 g/mol. The average Bonchev–Trinajstić information content (AvgIpc) is 2.26. The number of carbonyl (C=O) groups is 1. The van der Waals surface area contributed by atoms with Crippen molar-refractivity contribution in [3.63, 3.8) is 0 Å². The van der Waals surface area contributed by atoms with Gasteiger partial charge in [-0.1, -0.05) is 12.1 Å². The molecule has 0 spiro atoms. The number of nitrogens with one attached hydrogen (secondary N) is 1. The highest BCUT2D eigenvalue weighted by atomic mass is 16.6. The standard InChI is InChI=1S/C10H13NO3/c1-11-14-7-8-3-5-9(6-4-8)10(12)13-2/h3-6,11H,7H2,1-2H3. The van der Waals surface area contributed by atoms with E-state index in [0.29, 0.717) is 12.2 Å². The lowest BCUT2D eigenvalue weighted by Gasteiger charge is -2.02. The van der Waals surface area contributed by atoms with Gasteiger partial charge in [-0.25, -0.2) is 10.3 Å². The molecule has 0 fully saturated rings. The number of hydroxylamine groups is 1. The highest BCUT2D eigenvalue weighted by molar-refractivity contribution is 5.89. The smallest absolute Gasteiger partial charge is 0.337 e. The van der Waals surface area contributed by atoms with Gasteiger partial charge in [-0.2, -0.15) is 0 Å². The Balaban J connectivity index is 2.63. The number of hydrogen-bond acceptors (Lipinski definition) is 4. The maximum atomic E-state index is 11.1. The molecule has 0 aliphatic rings. The molecule has 1 aromatic rings. The van der Waals surface area contributed by atoms with E-state index in [2.05, 4.69) is 10.2 Å². The zero-order valence-electron chi connectivity index (χ0n) is 8.24. The summed E-state index contributed by atoms with van der Waals surface area (Å²) in [7, 11) is 3.06. The molecule has 0 atom stereocenters. The number of carbonyl (C=O) groups excluding carboxylic acids is 1. The second-order valence-corrected chi connectivity index (χ2v) is 2.68. The summed E-state index contributed by atoms with van der Waals surface area (Å²) in [5, 5.41) is 0. The lowest BCUT2D eigenvalue weighted by molar-refractivity contribution is 0.0444. The van der Waals surface area contributed by atoms with E-state index in [9.17, 15) is 4.79 Å². The van der Waals surface area contributed by atoms with E-state index in [1.807, 2.05) is 12.1 Å². The largest absolute Gasteiger partial charge is 0.465 e. The summed E-state index contributed by atoms with van der Waals surface area (Å²) < 4.78 is 4.57. The van der Waals surface area contributed by atoms with E-state index in [-0.39, 0.29) is 5.97 Å². The van der Waals surface area contributed by atoms with Crippen molar-refractivity contribution in [3.8, 4) is 0 Å². The fraction of sp³-hybridized carbons (Fsp3) is 0.300. The molecule has 0 aliphatic heterocycles. The number of benzene rings is 1. The second-order valence-electron chi connectivity index (χ2n) is 2.68. The van der Waals surface area contributed by atoms with Crippen molar-refractivity contribution in [1.82, 2.24) is 5.48 Å². The average molecular weight is 195 g/mol. The first-order chi connectivity index (χ1) is 6.77. The molecule has 0 saturated heterocycles. The number of methoxy groups -OCH3 is 1. The van der Waals surface area contributed by atoms with Gasteiger partial charge in [0.25, 0.3) is 0 Å². The van der Waals surface area contributed by atoms with Gasteiger partial charge < -0.3 is 4.74 Å². The predicted molar refractivity (Wildman–Crippen MR) is 51.6 cm³/mol. The molecule has 0 aliphatic carbocycles. The van der Waals surface area contributed by atoms with Crippen molar-refractivity contribution in [1.29, 1.82) is 0 Å². The van der Waals surface area contributed by atoms with Gasteiger partial charge in [-0.05, 0) is 17.7 Å². The fourth-order valence-corrected chi connectivity index (χ4v) is 1.01. The van der Waals surface area contributed by atoms with Crippen molar-refractivity contribution >= 4 is 5.97 Å². The van der Waals surface area contributed by atoms with Gasteiger partial charge in [0, 0.05) is 7.05 Å². The van der Waals surface area contributed by atoms with E-state index >= 15 is 0 Å². The third-order valence-corrected chi connectivity index (χ3v) is 1.76. The third kappa shape index (κ3) is 2.83. The summed E-state index contributed by atoms with van der Waals surface area (Å²) in [5.74, 6) is -0.328. The van der Waals surface area contributed by atoms with Crippen LogP contribution in [0, 0.1) is 0 Å². The molecule has 0 aromatic heterocycles. The summed E-state index contributed by atoms with van der Waals surface area (Å²) in [5.41, 5.74) is 4.11. The summed E-state index contributed by atoms with van der Waals surface area (Å²) in [6.45, 7) is 0.470. The minimum absolute atomic E-state index is 0.328. The molecule has 76 valence electrons. The van der Waals surface area contributed by atoms with Crippen LogP contribution in [0.4, 0.5) is 0 Å². The quantitative estimate of drug-likeness (QED) is 0.577. The maximum Gasteiger partial charge on any atom is 0.337 e. The Morgan fingerprint density at radius 1 is 1.36 bits per heavy atom. The van der Waals surface area contributed by atoms with Crippen molar-refractivity contribution < 1.29 is 14.4 Å². The van der Waals surface area contributed by atoms with Crippen molar-refractivity contribution in [3.05, 3.63) is 35.4 Å². The Bertz CT molecular complexity index is 295. The number of ether oxygens (including phenoxy) is 1. The van der Waals surface area contributed by atoms with Gasteiger partial charge in [-0.15, -0.1) is 0 Å². The molecule has 1 aromatic carbocycles. The summed E-state index contributed by atoms with van der Waals surface area (Å²) in [4.78, 5) is 16.1. The highest BCUT2D eigenvalue weighted by Gasteiger charge is 2.03. The van der Waals surface area contributed by atoms with Crippen LogP contribution in [0.1, 0.15) is 15.9 Å². The Morgan fingerprint density at radius 2 is 2.00 bits per heavy atom. The normalized spacial score (nSPS) is 9.86. The topological polar surface area (TPSA) is 47.6 Å². The molecule has 4 heteroatoms. The molecular weight excluding hydrogens is 182 g/mol. The van der Waals surface area contributed by atoms with Gasteiger partial charge in [-0.3, -0.25) is 4.84 Å². The lowest BCUT2D eigenvalue weighted by Crippen LogP contribution is -2.07. The minimum atomic E-state index is -0.328. The molecule has 0 heterocycles. The molecule has 1 rings (SSSR count). The van der Waals surface area contributed by atoms with Crippen LogP contribution < -0.4 is 5.48 Å². The fourth-order valence-electron chi connectivity index (χ4n) is 1.01. The first kappa shape index (κ1) is 10.7. The first-order valence-electron chi connectivity index (χ1n) is 4.23. The Morgan fingerprint density at radius 3 is 2.50 bits per heavy atom. The molecule has 0 radical (unpaired) electrons. The molecule has 0 amide bonds. The lowest BCUT2D eigenvalue weighted by atomic mass is 10.1. The highest BCUT2D eigenvalue weighted by Crippen LogP contribution is 2.06. The van der Waals surface area contributed by atoms with Crippen LogP contribution in [-0.2, 0) is 16.2 Å². The SMILES string of the molecule is CNOCc1ccc(C(=O)OC)cc1. The van der Waals surface area contributed by atoms with Gasteiger partial charge in [0.15, 0.2) is 0 Å². The summed E-state index contributed by atoms with van der Waals surface area (Å²) in [6, 6.07) is 7.06. The molecule has 4 nitrogen and oxygen atoms in total. The van der Waals surface area contributed by atoms with E-state index in [1.54, 1.807) is 19.2 Å². The Labute approximate surface area is 82.8 Å². The maximum absolute atomic E-state index is 11.1. The summed E-state index contributed by atoms with van der Waals surface area (Å²) in [6.07, 6.45) is 0. The first-order valence-corrected chi connectivity index (χ1v) is 4.23. The van der Waals surface area contributed by atoms with Crippen LogP contribution in [0.3, 0.4) is 0 Å². The summed E-state index contributed by atoms with van der Waals surface area (Å²) >= 11 is 0.